The first kappa shape index (κ1) is 14.6. The van der Waals surface area contributed by atoms with Crippen molar-refractivity contribution in [2.45, 2.75) is 6.61 Å². The summed E-state index contributed by atoms with van der Waals surface area (Å²) in [5.74, 6) is 0.249. The van der Waals surface area contributed by atoms with Crippen molar-refractivity contribution >= 4 is 56.2 Å². The average molecular weight is 383 g/mol. The molecule has 0 aliphatic carbocycles. The molecule has 1 aromatic heterocycles. The molecule has 0 saturated heterocycles. The second-order valence-electron chi connectivity index (χ2n) is 3.52. The zero-order valence-electron chi connectivity index (χ0n) is 9.23. The lowest BCUT2D eigenvalue weighted by Crippen LogP contribution is -1.96. The zero-order valence-corrected chi connectivity index (χ0v) is 13.1. The molecule has 0 unspecified atom stereocenters. The zero-order chi connectivity index (χ0) is 14.0. The van der Waals surface area contributed by atoms with E-state index in [2.05, 4.69) is 15.9 Å². The predicted octanol–water partition coefficient (Wildman–Crippen LogP) is 5.30. The summed E-state index contributed by atoms with van der Waals surface area (Å²) in [6, 6.07) is 4.35. The standard InChI is InChI=1S/C11H6BrCl2NO3S/c12-6-1-8(19-5-6)4-18-11-9(13)2-7(15(16)17)3-10(11)14/h1-3,5H,4H2. The molecule has 0 aliphatic rings. The smallest absolute Gasteiger partial charge is 0.272 e. The van der Waals surface area contributed by atoms with E-state index in [0.717, 1.165) is 9.35 Å². The molecule has 8 heteroatoms. The van der Waals surface area contributed by atoms with Crippen LogP contribution in [-0.4, -0.2) is 4.92 Å². The van der Waals surface area contributed by atoms with Crippen LogP contribution in [0.15, 0.2) is 28.1 Å². The average Bonchev–Trinajstić information content (AvgIpc) is 2.73. The van der Waals surface area contributed by atoms with Gasteiger partial charge < -0.3 is 4.74 Å². The quantitative estimate of drug-likeness (QED) is 0.532. The van der Waals surface area contributed by atoms with Gasteiger partial charge in [-0.1, -0.05) is 23.2 Å². The van der Waals surface area contributed by atoms with Gasteiger partial charge in [0.1, 0.15) is 6.61 Å². The fourth-order valence-electron chi connectivity index (χ4n) is 1.36. The van der Waals surface area contributed by atoms with E-state index in [9.17, 15) is 10.1 Å². The first-order chi connectivity index (χ1) is 8.97. The summed E-state index contributed by atoms with van der Waals surface area (Å²) in [4.78, 5) is 11.1. The highest BCUT2D eigenvalue weighted by Crippen LogP contribution is 2.37. The van der Waals surface area contributed by atoms with Crippen LogP contribution in [0.3, 0.4) is 0 Å². The molecule has 1 heterocycles. The van der Waals surface area contributed by atoms with Gasteiger partial charge in [-0.2, -0.15) is 0 Å². The number of rotatable bonds is 4. The normalized spacial score (nSPS) is 10.5. The monoisotopic (exact) mass is 381 g/mol. The van der Waals surface area contributed by atoms with Gasteiger partial charge in [0, 0.05) is 26.9 Å². The third-order valence-corrected chi connectivity index (χ3v) is 4.41. The van der Waals surface area contributed by atoms with Crippen molar-refractivity contribution < 1.29 is 9.66 Å². The van der Waals surface area contributed by atoms with Crippen molar-refractivity contribution in [3.63, 3.8) is 0 Å². The van der Waals surface area contributed by atoms with E-state index < -0.39 is 4.92 Å². The maximum atomic E-state index is 10.6. The summed E-state index contributed by atoms with van der Waals surface area (Å²) in [5.41, 5.74) is -0.166. The van der Waals surface area contributed by atoms with Crippen LogP contribution in [0.2, 0.25) is 10.0 Å². The number of hydrogen-bond acceptors (Lipinski definition) is 4. The predicted molar refractivity (Wildman–Crippen MR) is 79.5 cm³/mol. The van der Waals surface area contributed by atoms with Gasteiger partial charge in [0.05, 0.1) is 15.0 Å². The highest BCUT2D eigenvalue weighted by molar-refractivity contribution is 9.10. The van der Waals surface area contributed by atoms with Gasteiger partial charge in [0.25, 0.3) is 5.69 Å². The van der Waals surface area contributed by atoms with Crippen molar-refractivity contribution in [2.24, 2.45) is 0 Å². The number of non-ortho nitro benzene ring substituents is 1. The second kappa shape index (κ2) is 6.09. The highest BCUT2D eigenvalue weighted by atomic mass is 79.9. The molecule has 0 atom stereocenters. The Labute approximate surface area is 131 Å². The van der Waals surface area contributed by atoms with Crippen molar-refractivity contribution in [1.82, 2.24) is 0 Å². The number of nitrogens with zero attached hydrogens (tertiary/aromatic N) is 1. The Bertz CT molecular complexity index is 609. The molecule has 0 aliphatic heterocycles. The van der Waals surface area contributed by atoms with Gasteiger partial charge in [-0.25, -0.2) is 0 Å². The van der Waals surface area contributed by atoms with E-state index in [0.29, 0.717) is 6.61 Å². The molecule has 2 rings (SSSR count). The van der Waals surface area contributed by atoms with E-state index in [1.54, 1.807) is 0 Å². The molecule has 19 heavy (non-hydrogen) atoms. The Balaban J connectivity index is 2.18. The lowest BCUT2D eigenvalue weighted by Gasteiger charge is -2.08. The van der Waals surface area contributed by atoms with Crippen LogP contribution in [0.1, 0.15) is 4.88 Å². The summed E-state index contributed by atoms with van der Waals surface area (Å²) in [6.45, 7) is 0.299. The van der Waals surface area contributed by atoms with Crippen molar-refractivity contribution in [3.05, 3.63) is 53.1 Å². The molecule has 0 bridgehead atoms. The number of hydrogen-bond donors (Lipinski definition) is 0. The van der Waals surface area contributed by atoms with Gasteiger partial charge in [0.2, 0.25) is 0 Å². The third kappa shape index (κ3) is 3.60. The first-order valence-corrected chi connectivity index (χ1v) is 7.39. The van der Waals surface area contributed by atoms with Crippen LogP contribution < -0.4 is 4.74 Å². The summed E-state index contributed by atoms with van der Waals surface area (Å²) in [5, 5.41) is 12.8. The molecule has 0 spiro atoms. The SMILES string of the molecule is O=[N+]([O-])c1cc(Cl)c(OCc2cc(Br)cs2)c(Cl)c1. The van der Waals surface area contributed by atoms with Gasteiger partial charge >= 0.3 is 0 Å². The number of nitro groups is 1. The molecular formula is C11H6BrCl2NO3S. The van der Waals surface area contributed by atoms with Crippen molar-refractivity contribution in [3.8, 4) is 5.75 Å². The first-order valence-electron chi connectivity index (χ1n) is 4.96. The maximum Gasteiger partial charge on any atom is 0.272 e. The fraction of sp³-hybridized carbons (Fsp3) is 0.0909. The summed E-state index contributed by atoms with van der Waals surface area (Å²) >= 11 is 16.7. The second-order valence-corrected chi connectivity index (χ2v) is 6.24. The third-order valence-electron chi connectivity index (χ3n) is 2.17. The van der Waals surface area contributed by atoms with E-state index in [4.69, 9.17) is 27.9 Å². The Morgan fingerprint density at radius 2 is 1.95 bits per heavy atom. The topological polar surface area (TPSA) is 52.4 Å². The summed E-state index contributed by atoms with van der Waals surface area (Å²) in [7, 11) is 0. The molecule has 2 aromatic rings. The minimum atomic E-state index is -0.558. The Morgan fingerprint density at radius 3 is 2.42 bits per heavy atom. The number of thiophene rings is 1. The van der Waals surface area contributed by atoms with E-state index in [1.807, 2.05) is 11.4 Å². The van der Waals surface area contributed by atoms with Gasteiger partial charge in [-0.3, -0.25) is 10.1 Å². The molecule has 0 N–H and O–H groups in total. The van der Waals surface area contributed by atoms with Crippen LogP contribution in [0.5, 0.6) is 5.75 Å². The maximum absolute atomic E-state index is 10.6. The molecule has 0 radical (unpaired) electrons. The fourth-order valence-corrected chi connectivity index (χ4v) is 3.31. The lowest BCUT2D eigenvalue weighted by atomic mass is 10.3. The summed E-state index contributed by atoms with van der Waals surface area (Å²) in [6.07, 6.45) is 0. The molecular weight excluding hydrogens is 377 g/mol. The number of halogens is 3. The van der Waals surface area contributed by atoms with Gasteiger partial charge in [-0.15, -0.1) is 11.3 Å². The Kier molecular flexibility index (Phi) is 4.67. The lowest BCUT2D eigenvalue weighted by molar-refractivity contribution is -0.384. The number of nitro benzene ring substituents is 1. The summed E-state index contributed by atoms with van der Waals surface area (Å²) < 4.78 is 6.47. The van der Waals surface area contributed by atoms with Crippen LogP contribution in [0.25, 0.3) is 0 Å². The van der Waals surface area contributed by atoms with E-state index in [-0.39, 0.29) is 21.5 Å². The molecule has 0 amide bonds. The van der Waals surface area contributed by atoms with E-state index >= 15 is 0 Å². The number of benzene rings is 1. The van der Waals surface area contributed by atoms with Gasteiger partial charge in [0.15, 0.2) is 5.75 Å². The minimum absolute atomic E-state index is 0.120. The molecule has 100 valence electrons. The van der Waals surface area contributed by atoms with Crippen LogP contribution in [-0.2, 0) is 6.61 Å². The number of ether oxygens (including phenoxy) is 1. The van der Waals surface area contributed by atoms with Crippen molar-refractivity contribution in [1.29, 1.82) is 0 Å². The molecule has 4 nitrogen and oxygen atoms in total. The van der Waals surface area contributed by atoms with Crippen LogP contribution in [0, 0.1) is 10.1 Å². The largest absolute Gasteiger partial charge is 0.485 e. The highest BCUT2D eigenvalue weighted by Gasteiger charge is 2.16. The Morgan fingerprint density at radius 1 is 1.32 bits per heavy atom. The molecule has 0 saturated carbocycles. The molecule has 0 fully saturated rings. The van der Waals surface area contributed by atoms with Crippen LogP contribution in [0.4, 0.5) is 5.69 Å². The Hall–Kier alpha value is -0.820. The van der Waals surface area contributed by atoms with Crippen LogP contribution >= 0.6 is 50.5 Å². The van der Waals surface area contributed by atoms with E-state index in [1.165, 1.54) is 23.5 Å². The minimum Gasteiger partial charge on any atom is -0.485 e. The van der Waals surface area contributed by atoms with Gasteiger partial charge in [-0.05, 0) is 22.0 Å². The molecule has 1 aromatic carbocycles. The van der Waals surface area contributed by atoms with Crippen molar-refractivity contribution in [2.75, 3.05) is 0 Å².